The van der Waals surface area contributed by atoms with E-state index in [0.717, 1.165) is 12.8 Å². The van der Waals surface area contributed by atoms with E-state index in [1.54, 1.807) is 6.92 Å². The van der Waals surface area contributed by atoms with Gasteiger partial charge in [0.05, 0.1) is 5.41 Å². The molecule has 0 bridgehead atoms. The van der Waals surface area contributed by atoms with Crippen LogP contribution in [0.4, 0.5) is 0 Å². The Morgan fingerprint density at radius 1 is 1.60 bits per heavy atom. The molecule has 5 nitrogen and oxygen atoms in total. The van der Waals surface area contributed by atoms with Crippen molar-refractivity contribution in [1.29, 1.82) is 0 Å². The van der Waals surface area contributed by atoms with Crippen molar-refractivity contribution in [2.45, 2.75) is 38.6 Å². The summed E-state index contributed by atoms with van der Waals surface area (Å²) >= 11 is 0. The molecular formula is C10H18N2O3. The average molecular weight is 214 g/mol. The van der Waals surface area contributed by atoms with Gasteiger partial charge in [0.2, 0.25) is 5.91 Å². The maximum absolute atomic E-state index is 11.3. The minimum absolute atomic E-state index is 0.156. The molecule has 0 aromatic rings. The first-order valence-corrected chi connectivity index (χ1v) is 5.23. The molecule has 2 unspecified atom stereocenters. The molecule has 1 fully saturated rings. The molecule has 15 heavy (non-hydrogen) atoms. The normalized spacial score (nSPS) is 30.1. The van der Waals surface area contributed by atoms with Gasteiger partial charge in [0.15, 0.2) is 0 Å². The SMILES string of the molecule is CC1(C(=O)O)CCCC1NC(=O)CCN. The fraction of sp³-hybridized carbons (Fsp3) is 0.800. The molecule has 1 rings (SSSR count). The van der Waals surface area contributed by atoms with Crippen LogP contribution in [0.1, 0.15) is 32.6 Å². The molecular weight excluding hydrogens is 196 g/mol. The van der Waals surface area contributed by atoms with Crippen molar-refractivity contribution in [3.8, 4) is 0 Å². The molecule has 0 aromatic heterocycles. The quantitative estimate of drug-likeness (QED) is 0.618. The zero-order valence-corrected chi connectivity index (χ0v) is 8.95. The first kappa shape index (κ1) is 12.0. The Hall–Kier alpha value is -1.10. The summed E-state index contributed by atoms with van der Waals surface area (Å²) in [4.78, 5) is 22.4. The van der Waals surface area contributed by atoms with Gasteiger partial charge in [0.1, 0.15) is 0 Å². The lowest BCUT2D eigenvalue weighted by atomic mass is 9.85. The highest BCUT2D eigenvalue weighted by atomic mass is 16.4. The van der Waals surface area contributed by atoms with Gasteiger partial charge in [0.25, 0.3) is 0 Å². The topological polar surface area (TPSA) is 92.4 Å². The molecule has 4 N–H and O–H groups in total. The van der Waals surface area contributed by atoms with E-state index in [4.69, 9.17) is 10.8 Å². The van der Waals surface area contributed by atoms with Crippen LogP contribution in [0.25, 0.3) is 0 Å². The maximum atomic E-state index is 11.3. The Balaban J connectivity index is 2.61. The molecule has 1 aliphatic carbocycles. The third-order valence-electron chi connectivity index (χ3n) is 3.15. The van der Waals surface area contributed by atoms with Crippen LogP contribution in [-0.2, 0) is 9.59 Å². The number of nitrogens with two attached hydrogens (primary N) is 1. The summed E-state index contributed by atoms with van der Waals surface area (Å²) in [5.74, 6) is -0.991. The molecule has 2 atom stereocenters. The van der Waals surface area contributed by atoms with Crippen LogP contribution < -0.4 is 11.1 Å². The van der Waals surface area contributed by atoms with Gasteiger partial charge in [0, 0.05) is 19.0 Å². The van der Waals surface area contributed by atoms with Crippen LogP contribution in [0.5, 0.6) is 0 Å². The van der Waals surface area contributed by atoms with Gasteiger partial charge >= 0.3 is 5.97 Å². The van der Waals surface area contributed by atoms with E-state index in [1.165, 1.54) is 0 Å². The summed E-state index contributed by atoms with van der Waals surface area (Å²) < 4.78 is 0. The predicted octanol–water partition coefficient (Wildman–Crippen LogP) is 0.0948. The van der Waals surface area contributed by atoms with Crippen LogP contribution in [-0.4, -0.2) is 29.6 Å². The van der Waals surface area contributed by atoms with E-state index in [2.05, 4.69) is 5.32 Å². The summed E-state index contributed by atoms with van der Waals surface area (Å²) in [6.45, 7) is 1.98. The molecule has 1 saturated carbocycles. The Morgan fingerprint density at radius 2 is 2.27 bits per heavy atom. The van der Waals surface area contributed by atoms with Gasteiger partial charge in [-0.2, -0.15) is 0 Å². The van der Waals surface area contributed by atoms with Gasteiger partial charge in [-0.25, -0.2) is 0 Å². The molecule has 0 radical (unpaired) electrons. The van der Waals surface area contributed by atoms with Crippen LogP contribution in [0.2, 0.25) is 0 Å². The predicted molar refractivity (Wildman–Crippen MR) is 55.2 cm³/mol. The van der Waals surface area contributed by atoms with Crippen LogP contribution in [0.3, 0.4) is 0 Å². The third kappa shape index (κ3) is 2.47. The molecule has 86 valence electrons. The summed E-state index contributed by atoms with van der Waals surface area (Å²) in [5, 5.41) is 11.9. The van der Waals surface area contributed by atoms with Gasteiger partial charge in [-0.05, 0) is 19.8 Å². The van der Waals surface area contributed by atoms with E-state index in [-0.39, 0.29) is 18.4 Å². The van der Waals surface area contributed by atoms with Gasteiger partial charge in [-0.1, -0.05) is 6.42 Å². The number of rotatable bonds is 4. The number of carboxylic acid groups (broad SMARTS) is 1. The number of hydrogen-bond acceptors (Lipinski definition) is 3. The highest BCUT2D eigenvalue weighted by Crippen LogP contribution is 2.38. The van der Waals surface area contributed by atoms with E-state index in [0.29, 0.717) is 13.0 Å². The van der Waals surface area contributed by atoms with Crippen LogP contribution in [0, 0.1) is 5.41 Å². The smallest absolute Gasteiger partial charge is 0.311 e. The Kier molecular flexibility index (Phi) is 3.68. The number of carbonyl (C=O) groups is 2. The van der Waals surface area contributed by atoms with Crippen LogP contribution >= 0.6 is 0 Å². The molecule has 1 amide bonds. The van der Waals surface area contributed by atoms with E-state index in [1.807, 2.05) is 0 Å². The first-order valence-electron chi connectivity index (χ1n) is 5.23. The summed E-state index contributed by atoms with van der Waals surface area (Å²) in [5.41, 5.74) is 4.44. The zero-order valence-electron chi connectivity index (χ0n) is 8.95. The average Bonchev–Trinajstić information content (AvgIpc) is 2.50. The molecule has 5 heteroatoms. The lowest BCUT2D eigenvalue weighted by molar-refractivity contribution is -0.149. The Labute approximate surface area is 89.0 Å². The van der Waals surface area contributed by atoms with Gasteiger partial charge in [-0.3, -0.25) is 9.59 Å². The fourth-order valence-corrected chi connectivity index (χ4v) is 2.05. The van der Waals surface area contributed by atoms with Gasteiger partial charge < -0.3 is 16.2 Å². The number of hydrogen-bond donors (Lipinski definition) is 3. The highest BCUT2D eigenvalue weighted by molar-refractivity contribution is 5.80. The minimum atomic E-state index is -0.835. The molecule has 0 saturated heterocycles. The first-order chi connectivity index (χ1) is 7.00. The van der Waals surface area contributed by atoms with Crippen molar-refractivity contribution in [3.05, 3.63) is 0 Å². The summed E-state index contributed by atoms with van der Waals surface area (Å²) in [7, 11) is 0. The van der Waals surface area contributed by atoms with Crippen molar-refractivity contribution < 1.29 is 14.7 Å². The maximum Gasteiger partial charge on any atom is 0.311 e. The molecule has 0 heterocycles. The van der Waals surface area contributed by atoms with E-state index in [9.17, 15) is 9.59 Å². The second-order valence-electron chi connectivity index (χ2n) is 4.27. The van der Waals surface area contributed by atoms with E-state index >= 15 is 0 Å². The van der Waals surface area contributed by atoms with Crippen molar-refractivity contribution in [3.63, 3.8) is 0 Å². The van der Waals surface area contributed by atoms with Crippen LogP contribution in [0.15, 0.2) is 0 Å². The molecule has 0 aliphatic heterocycles. The Bertz CT molecular complexity index is 267. The fourth-order valence-electron chi connectivity index (χ4n) is 2.05. The number of nitrogens with one attached hydrogen (secondary N) is 1. The second-order valence-corrected chi connectivity index (χ2v) is 4.27. The van der Waals surface area contributed by atoms with E-state index < -0.39 is 11.4 Å². The zero-order chi connectivity index (χ0) is 11.5. The monoisotopic (exact) mass is 214 g/mol. The van der Waals surface area contributed by atoms with Crippen molar-refractivity contribution in [2.75, 3.05) is 6.54 Å². The van der Waals surface area contributed by atoms with Crippen molar-refractivity contribution >= 4 is 11.9 Å². The number of carbonyl (C=O) groups excluding carboxylic acids is 1. The number of aliphatic carboxylic acids is 1. The molecule has 0 aromatic carbocycles. The van der Waals surface area contributed by atoms with Crippen molar-refractivity contribution in [1.82, 2.24) is 5.32 Å². The van der Waals surface area contributed by atoms with Gasteiger partial charge in [-0.15, -0.1) is 0 Å². The summed E-state index contributed by atoms with van der Waals surface area (Å²) in [6, 6.07) is -0.256. The third-order valence-corrected chi connectivity index (χ3v) is 3.15. The molecule has 1 aliphatic rings. The lowest BCUT2D eigenvalue weighted by Crippen LogP contribution is -2.47. The second kappa shape index (κ2) is 4.61. The minimum Gasteiger partial charge on any atom is -0.481 e. The van der Waals surface area contributed by atoms with Crippen molar-refractivity contribution in [2.24, 2.45) is 11.1 Å². The lowest BCUT2D eigenvalue weighted by Gasteiger charge is -2.27. The number of amides is 1. The Morgan fingerprint density at radius 3 is 2.80 bits per heavy atom. The largest absolute Gasteiger partial charge is 0.481 e. The summed E-state index contributed by atoms with van der Waals surface area (Å²) in [6.07, 6.45) is 2.46. The highest BCUT2D eigenvalue weighted by Gasteiger charge is 2.45. The standard InChI is InChI=1S/C10H18N2O3/c1-10(9(14)15)5-2-3-7(10)12-8(13)4-6-11/h7H,2-6,11H2,1H3,(H,12,13)(H,14,15). The molecule has 0 spiro atoms. The number of carboxylic acids is 1.